The van der Waals surface area contributed by atoms with Gasteiger partial charge in [-0.3, -0.25) is 9.79 Å². The van der Waals surface area contributed by atoms with Crippen LogP contribution in [-0.2, 0) is 7.05 Å². The molecule has 1 saturated heterocycles. The van der Waals surface area contributed by atoms with Crippen LogP contribution in [0.4, 0.5) is 19.6 Å². The van der Waals surface area contributed by atoms with Crippen LogP contribution in [0.2, 0.25) is 0 Å². The molecule has 1 fully saturated rings. The smallest absolute Gasteiger partial charge is 0.282 e. The summed E-state index contributed by atoms with van der Waals surface area (Å²) in [7, 11) is 1.76. The van der Waals surface area contributed by atoms with Crippen molar-refractivity contribution in [2.24, 2.45) is 12.0 Å². The van der Waals surface area contributed by atoms with Crippen molar-refractivity contribution < 1.29 is 13.6 Å². The van der Waals surface area contributed by atoms with Crippen LogP contribution in [0, 0.1) is 0 Å². The third-order valence-corrected chi connectivity index (χ3v) is 6.83. The first kappa shape index (κ1) is 21.6. The molecule has 0 aliphatic carbocycles. The molecule has 0 bridgehead atoms. The number of aryl methyl sites for hydroxylation is 1. The molecule has 7 nitrogen and oxygen atoms in total. The molecule has 0 atom stereocenters. The maximum atomic E-state index is 13.2. The Hall–Kier alpha value is -3.92. The minimum absolute atomic E-state index is 0.379. The Morgan fingerprint density at radius 1 is 1.09 bits per heavy atom. The topological polar surface area (TPSA) is 75.4 Å². The fourth-order valence-corrected chi connectivity index (χ4v) is 4.91. The zero-order valence-corrected chi connectivity index (χ0v) is 19.5. The number of nitrogens with zero attached hydrogens (tertiary/aromatic N) is 5. The zero-order chi connectivity index (χ0) is 24.2. The van der Waals surface area contributed by atoms with Crippen molar-refractivity contribution in [3.05, 3.63) is 65.9 Å². The number of benzene rings is 2. The number of carbonyl (C=O) groups is 1. The number of halogens is 2. The van der Waals surface area contributed by atoms with E-state index in [1.165, 1.54) is 16.4 Å². The van der Waals surface area contributed by atoms with E-state index in [4.69, 9.17) is 0 Å². The van der Waals surface area contributed by atoms with E-state index in [2.05, 4.69) is 25.7 Å². The highest BCUT2D eigenvalue weighted by Gasteiger charge is 2.46. The van der Waals surface area contributed by atoms with E-state index in [9.17, 15) is 13.6 Å². The number of likely N-dealkylation sites (tertiary alicyclic amines) is 1. The number of nitrogens with one attached hydrogen (secondary N) is 1. The second-order valence-corrected chi connectivity index (χ2v) is 9.41. The first-order chi connectivity index (χ1) is 16.9. The number of hydrogen-bond acceptors (Lipinski definition) is 6. The van der Waals surface area contributed by atoms with Crippen molar-refractivity contribution in [1.29, 1.82) is 0 Å². The molecule has 1 N–H and O–H groups in total. The SMILES string of the molecule is Cn1c(C(=O)N2CC(F)(F)C2)cc2ccc(-c3nsc(Nc4ccc(C5=CCN=C5)cc4)n3)cc21. The van der Waals surface area contributed by atoms with Gasteiger partial charge in [0.15, 0.2) is 5.82 Å². The molecule has 1 amide bonds. The summed E-state index contributed by atoms with van der Waals surface area (Å²) in [5.41, 5.74) is 5.14. The van der Waals surface area contributed by atoms with E-state index in [-0.39, 0.29) is 0 Å². The van der Waals surface area contributed by atoms with Gasteiger partial charge < -0.3 is 14.8 Å². The van der Waals surface area contributed by atoms with Gasteiger partial charge in [-0.25, -0.2) is 8.78 Å². The van der Waals surface area contributed by atoms with Crippen LogP contribution in [0.3, 0.4) is 0 Å². The van der Waals surface area contributed by atoms with Gasteiger partial charge in [-0.1, -0.05) is 30.3 Å². The van der Waals surface area contributed by atoms with Crippen molar-refractivity contribution in [3.8, 4) is 11.4 Å². The molecule has 2 aliphatic heterocycles. The predicted octanol–water partition coefficient (Wildman–Crippen LogP) is 5.00. The van der Waals surface area contributed by atoms with Gasteiger partial charge in [-0.05, 0) is 35.4 Å². The fourth-order valence-electron chi connectivity index (χ4n) is 4.30. The van der Waals surface area contributed by atoms with Gasteiger partial charge in [0, 0.05) is 46.9 Å². The normalized spacial score (nSPS) is 16.4. The van der Waals surface area contributed by atoms with Gasteiger partial charge in [0.25, 0.3) is 11.8 Å². The number of amides is 1. The van der Waals surface area contributed by atoms with Crippen LogP contribution in [-0.4, -0.2) is 56.5 Å². The number of allylic oxidation sites excluding steroid dienone is 1. The number of carbonyl (C=O) groups excluding carboxylic acids is 1. The second kappa shape index (κ2) is 8.09. The molecule has 2 aliphatic rings. The van der Waals surface area contributed by atoms with E-state index in [0.717, 1.165) is 39.8 Å². The van der Waals surface area contributed by atoms with Gasteiger partial charge in [0.1, 0.15) is 5.69 Å². The van der Waals surface area contributed by atoms with Gasteiger partial charge in [-0.2, -0.15) is 9.36 Å². The summed E-state index contributed by atoms with van der Waals surface area (Å²) in [4.78, 5) is 22.7. The summed E-state index contributed by atoms with van der Waals surface area (Å²) >= 11 is 1.26. The van der Waals surface area contributed by atoms with Crippen LogP contribution in [0.5, 0.6) is 0 Å². The summed E-state index contributed by atoms with van der Waals surface area (Å²) < 4.78 is 32.6. The summed E-state index contributed by atoms with van der Waals surface area (Å²) in [5, 5.41) is 4.80. The maximum absolute atomic E-state index is 13.2. The third-order valence-electron chi connectivity index (χ3n) is 6.20. The first-order valence-corrected chi connectivity index (χ1v) is 11.8. The lowest BCUT2D eigenvalue weighted by molar-refractivity contribution is -0.113. The second-order valence-electron chi connectivity index (χ2n) is 8.66. The maximum Gasteiger partial charge on any atom is 0.282 e. The van der Waals surface area contributed by atoms with E-state index in [1.54, 1.807) is 17.7 Å². The number of rotatable bonds is 5. The highest BCUT2D eigenvalue weighted by molar-refractivity contribution is 7.09. The number of aliphatic imine (C=N–C) groups is 1. The lowest BCUT2D eigenvalue weighted by Gasteiger charge is -2.38. The predicted molar refractivity (Wildman–Crippen MR) is 134 cm³/mol. The molecule has 0 radical (unpaired) electrons. The molecule has 4 aromatic rings. The standard InChI is InChI=1S/C25H20F2N6OS/c1-32-20-11-17(3-2-16(20)10-21(32)23(34)33-13-25(26,27)14-33)22-30-24(35-31-22)29-19-6-4-15(5-7-19)18-8-9-28-12-18/h2-8,10-12H,9,13-14H2,1H3,(H,29,30,31). The van der Waals surface area contributed by atoms with Crippen LogP contribution in [0.15, 0.2) is 59.6 Å². The molecule has 10 heteroatoms. The highest BCUT2D eigenvalue weighted by atomic mass is 32.1. The minimum Gasteiger partial charge on any atom is -0.340 e. The highest BCUT2D eigenvalue weighted by Crippen LogP contribution is 2.31. The van der Waals surface area contributed by atoms with Gasteiger partial charge in [0.05, 0.1) is 19.6 Å². The van der Waals surface area contributed by atoms with Gasteiger partial charge in [0.2, 0.25) is 5.13 Å². The van der Waals surface area contributed by atoms with Gasteiger partial charge >= 0.3 is 0 Å². The van der Waals surface area contributed by atoms with E-state index >= 15 is 0 Å². The largest absolute Gasteiger partial charge is 0.340 e. The molecule has 176 valence electrons. The Morgan fingerprint density at radius 3 is 2.57 bits per heavy atom. The van der Waals surface area contributed by atoms with Crippen molar-refractivity contribution >= 4 is 50.9 Å². The average Bonchev–Trinajstić information content (AvgIpc) is 3.59. The third kappa shape index (κ3) is 3.99. The van der Waals surface area contributed by atoms with Crippen molar-refractivity contribution in [1.82, 2.24) is 18.8 Å². The molecular weight excluding hydrogens is 470 g/mol. The Labute approximate surface area is 203 Å². The quantitative estimate of drug-likeness (QED) is 0.427. The van der Waals surface area contributed by atoms with Crippen LogP contribution < -0.4 is 5.32 Å². The number of anilines is 2. The van der Waals surface area contributed by atoms with E-state index < -0.39 is 24.9 Å². The molecule has 4 heterocycles. The van der Waals surface area contributed by atoms with Crippen molar-refractivity contribution in [2.75, 3.05) is 25.0 Å². The molecule has 0 unspecified atom stereocenters. The Bertz CT molecular complexity index is 1510. The molecule has 35 heavy (non-hydrogen) atoms. The van der Waals surface area contributed by atoms with Crippen LogP contribution >= 0.6 is 11.5 Å². The summed E-state index contributed by atoms with van der Waals surface area (Å²) in [5.74, 6) is -2.61. The van der Waals surface area contributed by atoms with E-state index in [0.29, 0.717) is 16.6 Å². The fraction of sp³-hybridized carbons (Fsp3) is 0.200. The number of fused-ring (bicyclic) bond motifs is 1. The lowest BCUT2D eigenvalue weighted by Crippen LogP contribution is -2.58. The summed E-state index contributed by atoms with van der Waals surface area (Å²) in [6, 6.07) is 15.5. The summed E-state index contributed by atoms with van der Waals surface area (Å²) in [6.45, 7) is -0.343. The summed E-state index contributed by atoms with van der Waals surface area (Å²) in [6.07, 6.45) is 3.97. The number of aromatic nitrogens is 3. The Kier molecular flexibility index (Phi) is 4.99. The average molecular weight is 491 g/mol. The lowest BCUT2D eigenvalue weighted by atomic mass is 10.1. The first-order valence-electron chi connectivity index (χ1n) is 11.0. The molecule has 0 spiro atoms. The molecule has 2 aromatic carbocycles. The van der Waals surface area contributed by atoms with Crippen LogP contribution in [0.1, 0.15) is 16.1 Å². The number of hydrogen-bond donors (Lipinski definition) is 1. The molecule has 0 saturated carbocycles. The van der Waals surface area contributed by atoms with E-state index in [1.807, 2.05) is 48.7 Å². The molecule has 2 aromatic heterocycles. The monoisotopic (exact) mass is 490 g/mol. The Balaban J connectivity index is 1.21. The van der Waals surface area contributed by atoms with Crippen molar-refractivity contribution in [3.63, 3.8) is 0 Å². The molecule has 6 rings (SSSR count). The van der Waals surface area contributed by atoms with Crippen LogP contribution in [0.25, 0.3) is 27.9 Å². The van der Waals surface area contributed by atoms with Gasteiger partial charge in [-0.15, -0.1) is 0 Å². The Morgan fingerprint density at radius 2 is 1.86 bits per heavy atom. The minimum atomic E-state index is -2.79. The zero-order valence-electron chi connectivity index (χ0n) is 18.7. The number of alkyl halides is 2. The van der Waals surface area contributed by atoms with Crippen molar-refractivity contribution in [2.45, 2.75) is 5.92 Å². The molecular formula is C25H20F2N6OS.